The van der Waals surface area contributed by atoms with Crippen LogP contribution in [0.2, 0.25) is 0 Å². The fraction of sp³-hybridized carbons (Fsp3) is 0.125. The van der Waals surface area contributed by atoms with Crippen LogP contribution in [-0.2, 0) is 10.0 Å². The van der Waals surface area contributed by atoms with Gasteiger partial charge in [-0.3, -0.25) is 4.72 Å². The predicted octanol–water partition coefficient (Wildman–Crippen LogP) is 3.72. The molecule has 3 nitrogen and oxygen atoms in total. The molecule has 0 heterocycles. The van der Waals surface area contributed by atoms with Crippen molar-refractivity contribution in [2.75, 3.05) is 4.72 Å². The number of hydrogen-bond donors (Lipinski definition) is 1. The van der Waals surface area contributed by atoms with Gasteiger partial charge in [-0.05, 0) is 37.6 Å². The first kappa shape index (κ1) is 14.3. The first-order valence-corrected chi connectivity index (χ1v) is 7.83. The second-order valence-corrected chi connectivity index (χ2v) is 6.29. The molecule has 0 aromatic heterocycles. The molecule has 0 spiro atoms. The van der Waals surface area contributed by atoms with Gasteiger partial charge in [-0.15, -0.1) is 0 Å². The molecule has 2 rings (SSSR count). The number of rotatable bonds is 4. The molecule has 2 aromatic carbocycles. The first-order chi connectivity index (χ1) is 9.44. The highest BCUT2D eigenvalue weighted by molar-refractivity contribution is 7.95. The molecule has 0 saturated carbocycles. The number of anilines is 1. The highest BCUT2D eigenvalue weighted by atomic mass is 32.2. The number of nitrogens with one attached hydrogen (secondary N) is 1. The van der Waals surface area contributed by atoms with Crippen LogP contribution in [0.15, 0.2) is 53.9 Å². The minimum Gasteiger partial charge on any atom is -0.280 e. The normalized spacial score (nSPS) is 11.7. The lowest BCUT2D eigenvalue weighted by atomic mass is 10.2. The van der Waals surface area contributed by atoms with Crippen molar-refractivity contribution >= 4 is 21.8 Å². The van der Waals surface area contributed by atoms with Crippen molar-refractivity contribution in [3.05, 3.63) is 70.6 Å². The van der Waals surface area contributed by atoms with E-state index in [9.17, 15) is 8.42 Å². The van der Waals surface area contributed by atoms with Gasteiger partial charge in [0.15, 0.2) is 0 Å². The molecule has 0 fully saturated rings. The predicted molar refractivity (Wildman–Crippen MR) is 83.9 cm³/mol. The Kier molecular flexibility index (Phi) is 4.25. The Hall–Kier alpha value is -2.07. The molecule has 0 aliphatic carbocycles. The van der Waals surface area contributed by atoms with Gasteiger partial charge in [-0.2, -0.15) is 0 Å². The summed E-state index contributed by atoms with van der Waals surface area (Å²) in [6.45, 7) is 3.94. The van der Waals surface area contributed by atoms with Crippen LogP contribution in [0.25, 0.3) is 6.08 Å². The molecule has 0 aliphatic rings. The molecule has 0 unspecified atom stereocenters. The Morgan fingerprint density at radius 1 is 0.850 bits per heavy atom. The highest BCUT2D eigenvalue weighted by Crippen LogP contribution is 2.12. The van der Waals surface area contributed by atoms with Crippen molar-refractivity contribution < 1.29 is 8.42 Å². The van der Waals surface area contributed by atoms with Crippen molar-refractivity contribution in [3.8, 4) is 0 Å². The minimum atomic E-state index is -3.49. The quantitative estimate of drug-likeness (QED) is 0.931. The third kappa shape index (κ3) is 4.24. The smallest absolute Gasteiger partial charge is 0.255 e. The largest absolute Gasteiger partial charge is 0.280 e. The van der Waals surface area contributed by atoms with E-state index in [1.807, 2.05) is 50.2 Å². The summed E-state index contributed by atoms with van der Waals surface area (Å²) < 4.78 is 26.4. The molecule has 20 heavy (non-hydrogen) atoms. The van der Waals surface area contributed by atoms with E-state index in [1.165, 1.54) is 5.41 Å². The molecule has 0 amide bonds. The van der Waals surface area contributed by atoms with Gasteiger partial charge in [-0.25, -0.2) is 8.42 Å². The zero-order valence-corrected chi connectivity index (χ0v) is 12.3. The summed E-state index contributed by atoms with van der Waals surface area (Å²) in [6.07, 6.45) is 1.58. The van der Waals surface area contributed by atoms with Crippen LogP contribution in [0.4, 0.5) is 5.69 Å². The zero-order chi connectivity index (χ0) is 14.6. The van der Waals surface area contributed by atoms with Crippen molar-refractivity contribution in [1.82, 2.24) is 0 Å². The summed E-state index contributed by atoms with van der Waals surface area (Å²) >= 11 is 0. The Morgan fingerprint density at radius 3 is 1.90 bits per heavy atom. The molecule has 1 N–H and O–H groups in total. The molecule has 0 saturated heterocycles. The van der Waals surface area contributed by atoms with Crippen LogP contribution >= 0.6 is 0 Å². The summed E-state index contributed by atoms with van der Waals surface area (Å²) in [5.41, 5.74) is 3.64. The molecule has 2 aromatic rings. The average Bonchev–Trinajstić information content (AvgIpc) is 2.41. The van der Waals surface area contributed by atoms with E-state index >= 15 is 0 Å². The SMILES string of the molecule is Cc1ccc(C=CS(=O)(=O)Nc2ccc(C)cc2)cc1. The van der Waals surface area contributed by atoms with Crippen LogP contribution in [0.1, 0.15) is 16.7 Å². The monoisotopic (exact) mass is 287 g/mol. The Labute approximate surface area is 120 Å². The molecule has 104 valence electrons. The van der Waals surface area contributed by atoms with Crippen LogP contribution in [0.3, 0.4) is 0 Å². The molecule has 0 atom stereocenters. The lowest BCUT2D eigenvalue weighted by Crippen LogP contribution is -2.08. The first-order valence-electron chi connectivity index (χ1n) is 6.29. The Balaban J connectivity index is 2.11. The van der Waals surface area contributed by atoms with Crippen molar-refractivity contribution in [2.45, 2.75) is 13.8 Å². The van der Waals surface area contributed by atoms with Gasteiger partial charge < -0.3 is 0 Å². The molecule has 0 aliphatic heterocycles. The number of sulfonamides is 1. The van der Waals surface area contributed by atoms with E-state index in [4.69, 9.17) is 0 Å². The molecular formula is C16H17NO2S. The van der Waals surface area contributed by atoms with Gasteiger partial charge in [0.05, 0.1) is 5.41 Å². The molecule has 0 bridgehead atoms. The van der Waals surface area contributed by atoms with E-state index in [0.29, 0.717) is 5.69 Å². The van der Waals surface area contributed by atoms with Crippen molar-refractivity contribution in [3.63, 3.8) is 0 Å². The maximum Gasteiger partial charge on any atom is 0.255 e. The minimum absolute atomic E-state index is 0.559. The van der Waals surface area contributed by atoms with Gasteiger partial charge in [0, 0.05) is 5.69 Å². The second kappa shape index (κ2) is 5.92. The van der Waals surface area contributed by atoms with Crippen molar-refractivity contribution in [1.29, 1.82) is 0 Å². The summed E-state index contributed by atoms with van der Waals surface area (Å²) in [7, 11) is -3.49. The van der Waals surface area contributed by atoms with E-state index in [-0.39, 0.29) is 0 Å². The summed E-state index contributed by atoms with van der Waals surface area (Å²) in [6, 6.07) is 14.9. The highest BCUT2D eigenvalue weighted by Gasteiger charge is 2.04. The number of hydrogen-bond acceptors (Lipinski definition) is 2. The zero-order valence-electron chi connectivity index (χ0n) is 11.5. The molecule has 4 heteroatoms. The van der Waals surface area contributed by atoms with E-state index < -0.39 is 10.0 Å². The average molecular weight is 287 g/mol. The summed E-state index contributed by atoms with van der Waals surface area (Å²) in [5.74, 6) is 0. The van der Waals surface area contributed by atoms with Gasteiger partial charge >= 0.3 is 0 Å². The fourth-order valence-corrected chi connectivity index (χ4v) is 2.53. The maximum atomic E-state index is 11.9. The third-order valence-corrected chi connectivity index (χ3v) is 3.84. The fourth-order valence-electron chi connectivity index (χ4n) is 1.67. The van der Waals surface area contributed by atoms with Crippen LogP contribution in [0, 0.1) is 13.8 Å². The van der Waals surface area contributed by atoms with Crippen molar-refractivity contribution in [2.24, 2.45) is 0 Å². The third-order valence-electron chi connectivity index (χ3n) is 2.83. The molecule has 0 radical (unpaired) electrons. The van der Waals surface area contributed by atoms with Gasteiger partial charge in [0.2, 0.25) is 0 Å². The van der Waals surface area contributed by atoms with Gasteiger partial charge in [0.25, 0.3) is 10.0 Å². The Morgan fingerprint density at radius 2 is 1.35 bits per heavy atom. The van der Waals surface area contributed by atoms with Crippen LogP contribution in [0.5, 0.6) is 0 Å². The number of aryl methyl sites for hydroxylation is 2. The van der Waals surface area contributed by atoms with E-state index in [0.717, 1.165) is 16.7 Å². The lowest BCUT2D eigenvalue weighted by Gasteiger charge is -2.04. The lowest BCUT2D eigenvalue weighted by molar-refractivity contribution is 0.609. The number of benzene rings is 2. The van der Waals surface area contributed by atoms with Crippen LogP contribution < -0.4 is 4.72 Å². The van der Waals surface area contributed by atoms with E-state index in [2.05, 4.69) is 4.72 Å². The van der Waals surface area contributed by atoms with Crippen LogP contribution in [-0.4, -0.2) is 8.42 Å². The summed E-state index contributed by atoms with van der Waals surface area (Å²) in [4.78, 5) is 0. The molecular weight excluding hydrogens is 270 g/mol. The maximum absolute atomic E-state index is 11.9. The van der Waals surface area contributed by atoms with E-state index in [1.54, 1.807) is 18.2 Å². The second-order valence-electron chi connectivity index (χ2n) is 4.73. The van der Waals surface area contributed by atoms with Gasteiger partial charge in [-0.1, -0.05) is 47.5 Å². The Bertz CT molecular complexity index is 699. The van der Waals surface area contributed by atoms with Gasteiger partial charge in [0.1, 0.15) is 0 Å². The standard InChI is InChI=1S/C16H17NO2S/c1-13-3-7-15(8-4-13)11-12-20(18,19)17-16-9-5-14(2)6-10-16/h3-12,17H,1-2H3. The topological polar surface area (TPSA) is 46.2 Å². The summed E-state index contributed by atoms with van der Waals surface area (Å²) in [5, 5.41) is 1.18.